The highest BCUT2D eigenvalue weighted by Crippen LogP contribution is 2.29. The Kier molecular flexibility index (Phi) is 3.53. The van der Waals surface area contributed by atoms with E-state index in [0.717, 1.165) is 33.1 Å². The summed E-state index contributed by atoms with van der Waals surface area (Å²) in [5, 5.41) is 1.68. The number of fused-ring (bicyclic) bond motifs is 1. The van der Waals surface area contributed by atoms with Crippen molar-refractivity contribution in [2.24, 2.45) is 0 Å². The molecule has 1 nitrogen and oxygen atoms in total. The molecule has 0 spiro atoms. The zero-order valence-electron chi connectivity index (χ0n) is 11.0. The molecule has 0 N–H and O–H groups in total. The highest BCUT2D eigenvalue weighted by Gasteiger charge is 2.10. The molecule has 0 saturated heterocycles. The number of alkyl halides is 1. The predicted molar refractivity (Wildman–Crippen MR) is 84.5 cm³/mol. The fraction of sp³-hybridized carbons (Fsp3) is 0.118. The zero-order chi connectivity index (χ0) is 14.1. The number of nitrogens with zero attached hydrogens (tertiary/aromatic N) is 1. The van der Waals surface area contributed by atoms with E-state index >= 15 is 0 Å². The number of aryl methyl sites for hydroxylation is 1. The molecule has 1 aromatic heterocycles. The Labute approximate surface area is 125 Å². The van der Waals surface area contributed by atoms with E-state index in [1.807, 2.05) is 12.1 Å². The molecule has 0 saturated carbocycles. The van der Waals surface area contributed by atoms with Gasteiger partial charge in [-0.2, -0.15) is 0 Å². The van der Waals surface area contributed by atoms with Crippen molar-refractivity contribution < 1.29 is 4.39 Å². The summed E-state index contributed by atoms with van der Waals surface area (Å²) < 4.78 is 13.4. The lowest BCUT2D eigenvalue weighted by molar-refractivity contribution is 0.629. The van der Waals surface area contributed by atoms with Crippen LogP contribution in [-0.2, 0) is 5.33 Å². The molecule has 0 aliphatic carbocycles. The van der Waals surface area contributed by atoms with E-state index < -0.39 is 0 Å². The third-order valence-electron chi connectivity index (χ3n) is 3.40. The Bertz CT molecular complexity index is 783. The number of halogens is 2. The van der Waals surface area contributed by atoms with Crippen molar-refractivity contribution >= 4 is 26.8 Å². The second-order valence-corrected chi connectivity index (χ2v) is 5.34. The summed E-state index contributed by atoms with van der Waals surface area (Å²) in [5.74, 6) is -0.257. The fourth-order valence-corrected chi connectivity index (χ4v) is 2.79. The third kappa shape index (κ3) is 2.34. The molecule has 100 valence electrons. The Balaban J connectivity index is 2.31. The van der Waals surface area contributed by atoms with Crippen LogP contribution in [0, 0.1) is 12.7 Å². The van der Waals surface area contributed by atoms with Crippen LogP contribution in [0.25, 0.3) is 22.2 Å². The van der Waals surface area contributed by atoms with Gasteiger partial charge in [0.25, 0.3) is 0 Å². The lowest BCUT2D eigenvalue weighted by atomic mass is 10.0. The third-order valence-corrected chi connectivity index (χ3v) is 4.01. The number of benzene rings is 2. The molecular formula is C17H13BrFN. The first-order chi connectivity index (χ1) is 9.69. The van der Waals surface area contributed by atoms with E-state index in [9.17, 15) is 4.39 Å². The first kappa shape index (κ1) is 13.3. The largest absolute Gasteiger partial charge is 0.247 e. The van der Waals surface area contributed by atoms with E-state index in [0.29, 0.717) is 5.52 Å². The van der Waals surface area contributed by atoms with Gasteiger partial charge >= 0.3 is 0 Å². The molecule has 0 unspecified atom stereocenters. The van der Waals surface area contributed by atoms with Crippen LogP contribution in [0.4, 0.5) is 4.39 Å². The number of hydrogen-bond acceptors (Lipinski definition) is 1. The summed E-state index contributed by atoms with van der Waals surface area (Å²) in [7, 11) is 0. The topological polar surface area (TPSA) is 12.9 Å². The Morgan fingerprint density at radius 1 is 1.10 bits per heavy atom. The molecule has 3 aromatic rings. The summed E-state index contributed by atoms with van der Waals surface area (Å²) >= 11 is 3.52. The van der Waals surface area contributed by atoms with E-state index in [1.54, 1.807) is 6.07 Å². The van der Waals surface area contributed by atoms with Crippen molar-refractivity contribution in [1.29, 1.82) is 0 Å². The first-order valence-electron chi connectivity index (χ1n) is 6.40. The maximum atomic E-state index is 13.4. The molecule has 0 aliphatic rings. The van der Waals surface area contributed by atoms with Gasteiger partial charge in [-0.05, 0) is 36.2 Å². The second kappa shape index (κ2) is 5.33. The highest BCUT2D eigenvalue weighted by molar-refractivity contribution is 9.08. The standard InChI is InChI=1S/C17H13BrFN/c1-11-4-2-3-5-15(11)17-13(10-18)8-12-6-7-14(19)9-16(12)20-17/h2-9H,10H2,1H3. The van der Waals surface area contributed by atoms with E-state index in [-0.39, 0.29) is 5.82 Å². The molecule has 1 heterocycles. The quantitative estimate of drug-likeness (QED) is 0.585. The van der Waals surface area contributed by atoms with Gasteiger partial charge in [0.15, 0.2) is 0 Å². The van der Waals surface area contributed by atoms with E-state index in [2.05, 4.69) is 46.0 Å². The van der Waals surface area contributed by atoms with Crippen molar-refractivity contribution in [3.05, 3.63) is 65.5 Å². The average Bonchev–Trinajstić information content (AvgIpc) is 2.46. The Morgan fingerprint density at radius 3 is 2.65 bits per heavy atom. The van der Waals surface area contributed by atoms with Crippen LogP contribution in [0.2, 0.25) is 0 Å². The van der Waals surface area contributed by atoms with E-state index in [1.165, 1.54) is 12.1 Å². The van der Waals surface area contributed by atoms with Gasteiger partial charge in [0.05, 0.1) is 11.2 Å². The SMILES string of the molecule is Cc1ccccc1-c1nc2cc(F)ccc2cc1CBr. The summed E-state index contributed by atoms with van der Waals surface area (Å²) in [6.07, 6.45) is 0. The van der Waals surface area contributed by atoms with Gasteiger partial charge in [0.2, 0.25) is 0 Å². The zero-order valence-corrected chi connectivity index (χ0v) is 12.6. The number of hydrogen-bond donors (Lipinski definition) is 0. The average molecular weight is 330 g/mol. The molecule has 0 aliphatic heterocycles. The Hall–Kier alpha value is -1.74. The van der Waals surface area contributed by atoms with Gasteiger partial charge in [0, 0.05) is 22.3 Å². The fourth-order valence-electron chi connectivity index (χ4n) is 2.36. The number of aromatic nitrogens is 1. The van der Waals surface area contributed by atoms with Gasteiger partial charge in [-0.25, -0.2) is 9.37 Å². The minimum Gasteiger partial charge on any atom is -0.247 e. The van der Waals surface area contributed by atoms with Gasteiger partial charge in [-0.15, -0.1) is 0 Å². The minimum absolute atomic E-state index is 0.257. The van der Waals surface area contributed by atoms with Gasteiger partial charge in [0.1, 0.15) is 5.82 Å². The summed E-state index contributed by atoms with van der Waals surface area (Å²) in [5.41, 5.74) is 4.97. The monoisotopic (exact) mass is 329 g/mol. The lowest BCUT2D eigenvalue weighted by Crippen LogP contribution is -1.94. The van der Waals surface area contributed by atoms with Crippen LogP contribution in [0.1, 0.15) is 11.1 Å². The smallest absolute Gasteiger partial charge is 0.125 e. The van der Waals surface area contributed by atoms with Crippen molar-refractivity contribution in [3.8, 4) is 11.3 Å². The molecule has 2 aromatic carbocycles. The van der Waals surface area contributed by atoms with Crippen LogP contribution in [0.15, 0.2) is 48.5 Å². The molecule has 0 atom stereocenters. The second-order valence-electron chi connectivity index (χ2n) is 4.78. The van der Waals surface area contributed by atoms with Crippen LogP contribution in [0.5, 0.6) is 0 Å². The Morgan fingerprint density at radius 2 is 1.90 bits per heavy atom. The predicted octanol–water partition coefficient (Wildman–Crippen LogP) is 5.24. The molecule has 0 amide bonds. The van der Waals surface area contributed by atoms with Crippen molar-refractivity contribution in [2.75, 3.05) is 0 Å². The molecule has 0 radical (unpaired) electrons. The van der Waals surface area contributed by atoms with Crippen molar-refractivity contribution in [3.63, 3.8) is 0 Å². The molecular weight excluding hydrogens is 317 g/mol. The summed E-state index contributed by atoms with van der Waals surface area (Å²) in [4.78, 5) is 4.67. The molecule has 0 bridgehead atoms. The van der Waals surface area contributed by atoms with Gasteiger partial charge in [-0.3, -0.25) is 0 Å². The van der Waals surface area contributed by atoms with Crippen LogP contribution in [0.3, 0.4) is 0 Å². The molecule has 3 heteroatoms. The minimum atomic E-state index is -0.257. The maximum absolute atomic E-state index is 13.4. The van der Waals surface area contributed by atoms with Crippen LogP contribution < -0.4 is 0 Å². The van der Waals surface area contributed by atoms with Gasteiger partial charge in [-0.1, -0.05) is 40.2 Å². The number of pyridine rings is 1. The highest BCUT2D eigenvalue weighted by atomic mass is 79.9. The summed E-state index contributed by atoms with van der Waals surface area (Å²) in [6.45, 7) is 2.06. The van der Waals surface area contributed by atoms with E-state index in [4.69, 9.17) is 0 Å². The maximum Gasteiger partial charge on any atom is 0.125 e. The van der Waals surface area contributed by atoms with Crippen LogP contribution >= 0.6 is 15.9 Å². The van der Waals surface area contributed by atoms with Crippen molar-refractivity contribution in [2.45, 2.75) is 12.3 Å². The van der Waals surface area contributed by atoms with Gasteiger partial charge < -0.3 is 0 Å². The normalized spacial score (nSPS) is 10.9. The molecule has 20 heavy (non-hydrogen) atoms. The van der Waals surface area contributed by atoms with Crippen LogP contribution in [-0.4, -0.2) is 4.98 Å². The first-order valence-corrected chi connectivity index (χ1v) is 7.52. The lowest BCUT2D eigenvalue weighted by Gasteiger charge is -2.11. The molecule has 0 fully saturated rings. The van der Waals surface area contributed by atoms with Crippen molar-refractivity contribution in [1.82, 2.24) is 4.98 Å². The number of rotatable bonds is 2. The summed E-state index contributed by atoms with van der Waals surface area (Å²) in [6, 6.07) is 14.9. The molecule has 3 rings (SSSR count).